The lowest BCUT2D eigenvalue weighted by atomic mass is 9.87. The molecule has 1 atom stereocenters. The number of carbonyl (C=O) groups is 2. The number of hydrogen-bond donors (Lipinski definition) is 2. The minimum absolute atomic E-state index is 0.114. The van der Waals surface area contributed by atoms with Crippen molar-refractivity contribution in [2.45, 2.75) is 39.7 Å². The van der Waals surface area contributed by atoms with Crippen molar-refractivity contribution in [2.24, 2.45) is 5.41 Å². The molecule has 1 aromatic rings. The molecule has 6 nitrogen and oxygen atoms in total. The highest BCUT2D eigenvalue weighted by molar-refractivity contribution is 5.94. The normalized spacial score (nSPS) is 12.8. The van der Waals surface area contributed by atoms with Crippen LogP contribution in [0.5, 0.6) is 0 Å². The zero-order chi connectivity index (χ0) is 15.3. The van der Waals surface area contributed by atoms with Crippen molar-refractivity contribution in [2.75, 3.05) is 0 Å². The van der Waals surface area contributed by atoms with E-state index in [2.05, 4.69) is 9.73 Å². The maximum absolute atomic E-state index is 12.0. The molecule has 20 heavy (non-hydrogen) atoms. The molecule has 0 spiro atoms. The number of carbonyl (C=O) groups excluding carboxylic acids is 1. The minimum Gasteiger partial charge on any atom is -0.481 e. The summed E-state index contributed by atoms with van der Waals surface area (Å²) in [6.45, 7) is 5.90. The predicted octanol–water partition coefficient (Wildman–Crippen LogP) is 1.65. The van der Waals surface area contributed by atoms with E-state index in [1.54, 1.807) is 0 Å². The lowest BCUT2D eigenvalue weighted by Gasteiger charge is -2.25. The number of hydrogen-bond acceptors (Lipinski definition) is 4. The zero-order valence-electron chi connectivity index (χ0n) is 11.8. The molecule has 110 valence electrons. The Morgan fingerprint density at radius 2 is 2.00 bits per heavy atom. The first-order valence-corrected chi connectivity index (χ1v) is 6.29. The van der Waals surface area contributed by atoms with Gasteiger partial charge in [0.25, 0.3) is 5.91 Å². The van der Waals surface area contributed by atoms with E-state index in [0.29, 0.717) is 6.42 Å². The van der Waals surface area contributed by atoms with Crippen LogP contribution in [0.4, 0.5) is 0 Å². The summed E-state index contributed by atoms with van der Waals surface area (Å²) in [5.41, 5.74) is -0.469. The third-order valence-electron chi connectivity index (χ3n) is 2.58. The van der Waals surface area contributed by atoms with E-state index in [1.807, 2.05) is 20.8 Å². The molecule has 0 bridgehead atoms. The van der Waals surface area contributed by atoms with Crippen molar-refractivity contribution in [1.29, 1.82) is 0 Å². The summed E-state index contributed by atoms with van der Waals surface area (Å²) in [6, 6.07) is 2.01. The van der Waals surface area contributed by atoms with E-state index >= 15 is 0 Å². The second-order valence-electron chi connectivity index (χ2n) is 5.88. The van der Waals surface area contributed by atoms with Crippen molar-refractivity contribution >= 4 is 11.9 Å². The van der Waals surface area contributed by atoms with E-state index in [9.17, 15) is 14.4 Å². The maximum Gasteiger partial charge on any atom is 0.335 e. The van der Waals surface area contributed by atoms with Crippen LogP contribution in [0.15, 0.2) is 27.6 Å². The van der Waals surface area contributed by atoms with Crippen LogP contribution in [-0.4, -0.2) is 23.0 Å². The smallest absolute Gasteiger partial charge is 0.335 e. The first-order chi connectivity index (χ1) is 9.17. The highest BCUT2D eigenvalue weighted by atomic mass is 16.4. The second kappa shape index (κ2) is 6.36. The van der Waals surface area contributed by atoms with Crippen LogP contribution >= 0.6 is 0 Å². The average Bonchev–Trinajstić information content (AvgIpc) is 2.26. The Hall–Kier alpha value is -2.11. The highest BCUT2D eigenvalue weighted by Crippen LogP contribution is 2.22. The molecule has 1 amide bonds. The molecule has 0 aliphatic rings. The van der Waals surface area contributed by atoms with Crippen molar-refractivity contribution in [3.63, 3.8) is 0 Å². The van der Waals surface area contributed by atoms with Gasteiger partial charge >= 0.3 is 11.6 Å². The molecule has 0 saturated heterocycles. The molecule has 0 fully saturated rings. The molecule has 1 heterocycles. The Labute approximate surface area is 116 Å². The molecule has 1 aromatic heterocycles. The van der Waals surface area contributed by atoms with Crippen molar-refractivity contribution in [3.8, 4) is 0 Å². The van der Waals surface area contributed by atoms with Gasteiger partial charge in [-0.25, -0.2) is 4.79 Å². The number of carboxylic acids is 1. The van der Waals surface area contributed by atoms with Gasteiger partial charge in [0.1, 0.15) is 6.26 Å². The van der Waals surface area contributed by atoms with Crippen LogP contribution in [-0.2, 0) is 4.79 Å². The van der Waals surface area contributed by atoms with Gasteiger partial charge in [-0.15, -0.1) is 0 Å². The van der Waals surface area contributed by atoms with Crippen LogP contribution in [0, 0.1) is 5.41 Å². The number of rotatable bonds is 5. The Morgan fingerprint density at radius 1 is 1.35 bits per heavy atom. The van der Waals surface area contributed by atoms with Gasteiger partial charge in [0.05, 0.1) is 12.0 Å². The van der Waals surface area contributed by atoms with Gasteiger partial charge in [-0.2, -0.15) is 0 Å². The molecule has 1 rings (SSSR count). The monoisotopic (exact) mass is 281 g/mol. The molecule has 0 aromatic carbocycles. The summed E-state index contributed by atoms with van der Waals surface area (Å²) in [7, 11) is 0. The standard InChI is InChI=1S/C14H19NO5/c1-14(2,3)7-10(6-11(16)17)15-13(19)9-4-5-12(18)20-8-9/h4-5,8,10H,6-7H2,1-3H3,(H,15,19)(H,16,17). The Balaban J connectivity index is 2.78. The quantitative estimate of drug-likeness (QED) is 0.855. The van der Waals surface area contributed by atoms with Crippen molar-refractivity contribution in [1.82, 2.24) is 5.32 Å². The van der Waals surface area contributed by atoms with Crippen molar-refractivity contribution < 1.29 is 19.1 Å². The van der Waals surface area contributed by atoms with E-state index < -0.39 is 23.5 Å². The fraction of sp³-hybridized carbons (Fsp3) is 0.500. The summed E-state index contributed by atoms with van der Waals surface area (Å²) in [4.78, 5) is 33.6. The fourth-order valence-electron chi connectivity index (χ4n) is 1.88. The Bertz CT molecular complexity index is 521. The second-order valence-corrected chi connectivity index (χ2v) is 5.88. The Morgan fingerprint density at radius 3 is 2.45 bits per heavy atom. The van der Waals surface area contributed by atoms with E-state index in [-0.39, 0.29) is 17.4 Å². The van der Waals surface area contributed by atoms with Gasteiger partial charge in [-0.3, -0.25) is 9.59 Å². The lowest BCUT2D eigenvalue weighted by molar-refractivity contribution is -0.137. The molecular formula is C14H19NO5. The summed E-state index contributed by atoms with van der Waals surface area (Å²) in [5.74, 6) is -1.43. The fourth-order valence-corrected chi connectivity index (χ4v) is 1.88. The molecule has 0 aliphatic heterocycles. The van der Waals surface area contributed by atoms with Gasteiger partial charge in [0.15, 0.2) is 0 Å². The summed E-state index contributed by atoms with van der Waals surface area (Å²) in [5, 5.41) is 11.5. The first kappa shape index (κ1) is 15.9. The predicted molar refractivity (Wildman–Crippen MR) is 72.6 cm³/mol. The molecule has 0 aliphatic carbocycles. The van der Waals surface area contributed by atoms with E-state index in [0.717, 1.165) is 12.3 Å². The molecule has 6 heteroatoms. The topological polar surface area (TPSA) is 96.6 Å². The molecular weight excluding hydrogens is 262 g/mol. The third-order valence-corrected chi connectivity index (χ3v) is 2.58. The Kier molecular flexibility index (Phi) is 5.07. The molecule has 2 N–H and O–H groups in total. The molecule has 0 saturated carbocycles. The SMILES string of the molecule is CC(C)(C)CC(CC(=O)O)NC(=O)c1ccc(=O)oc1. The number of carboxylic acid groups (broad SMARTS) is 1. The summed E-state index contributed by atoms with van der Waals surface area (Å²) in [6.07, 6.45) is 1.44. The zero-order valence-corrected chi connectivity index (χ0v) is 11.8. The van der Waals surface area contributed by atoms with E-state index in [1.165, 1.54) is 6.07 Å². The van der Waals surface area contributed by atoms with Gasteiger partial charge in [0, 0.05) is 12.1 Å². The van der Waals surface area contributed by atoms with Gasteiger partial charge in [-0.05, 0) is 17.9 Å². The van der Waals surface area contributed by atoms with Gasteiger partial charge in [0.2, 0.25) is 0 Å². The average molecular weight is 281 g/mol. The van der Waals surface area contributed by atoms with Crippen LogP contribution < -0.4 is 10.9 Å². The van der Waals surface area contributed by atoms with Crippen LogP contribution in [0.2, 0.25) is 0 Å². The molecule has 0 radical (unpaired) electrons. The highest BCUT2D eigenvalue weighted by Gasteiger charge is 2.23. The third kappa shape index (κ3) is 5.69. The molecule has 1 unspecified atom stereocenters. The number of aliphatic carboxylic acids is 1. The summed E-state index contributed by atoms with van der Waals surface area (Å²) >= 11 is 0. The van der Waals surface area contributed by atoms with Crippen LogP contribution in [0.25, 0.3) is 0 Å². The minimum atomic E-state index is -0.973. The van der Waals surface area contributed by atoms with Gasteiger partial charge in [-0.1, -0.05) is 20.8 Å². The maximum atomic E-state index is 12.0. The number of amides is 1. The van der Waals surface area contributed by atoms with Crippen LogP contribution in [0.3, 0.4) is 0 Å². The first-order valence-electron chi connectivity index (χ1n) is 6.29. The largest absolute Gasteiger partial charge is 0.481 e. The van der Waals surface area contributed by atoms with Gasteiger partial charge < -0.3 is 14.8 Å². The number of nitrogens with one attached hydrogen (secondary N) is 1. The lowest BCUT2D eigenvalue weighted by Crippen LogP contribution is -2.39. The summed E-state index contributed by atoms with van der Waals surface area (Å²) < 4.78 is 4.61. The van der Waals surface area contributed by atoms with Crippen LogP contribution in [0.1, 0.15) is 44.0 Å². The van der Waals surface area contributed by atoms with Crippen molar-refractivity contribution in [3.05, 3.63) is 34.4 Å². The van der Waals surface area contributed by atoms with E-state index in [4.69, 9.17) is 5.11 Å².